The van der Waals surface area contributed by atoms with Gasteiger partial charge in [-0.3, -0.25) is 0 Å². The summed E-state index contributed by atoms with van der Waals surface area (Å²) in [6.45, 7) is 0. The summed E-state index contributed by atoms with van der Waals surface area (Å²) >= 11 is 0. The van der Waals surface area contributed by atoms with Crippen molar-refractivity contribution >= 4 is 5.97 Å². The second-order valence-corrected chi connectivity index (χ2v) is 3.52. The number of phenols is 1. The van der Waals surface area contributed by atoms with Gasteiger partial charge in [-0.15, -0.1) is 0 Å². The summed E-state index contributed by atoms with van der Waals surface area (Å²) in [5.74, 6) is -1.31. The first-order valence-corrected chi connectivity index (χ1v) is 4.44. The minimum absolute atomic E-state index is 0.0437. The number of nitrogens with two attached hydrogens (primary N) is 1. The fourth-order valence-corrected chi connectivity index (χ4v) is 1.85. The van der Waals surface area contributed by atoms with E-state index in [-0.39, 0.29) is 17.4 Å². The van der Waals surface area contributed by atoms with Gasteiger partial charge in [-0.1, -0.05) is 0 Å². The third kappa shape index (κ3) is 1.24. The van der Waals surface area contributed by atoms with Crippen molar-refractivity contribution in [1.29, 1.82) is 0 Å². The third-order valence-electron chi connectivity index (χ3n) is 2.61. The number of aromatic carboxylic acids is 1. The summed E-state index contributed by atoms with van der Waals surface area (Å²) in [7, 11) is 0. The number of rotatable bonds is 1. The second-order valence-electron chi connectivity index (χ2n) is 3.52. The zero-order valence-corrected chi connectivity index (χ0v) is 7.53. The Balaban J connectivity index is 2.55. The number of hydrogen-bond donors (Lipinski definition) is 3. The van der Waals surface area contributed by atoms with Crippen LogP contribution in [0.25, 0.3) is 0 Å². The average Bonchev–Trinajstić information content (AvgIpc) is 2.46. The molecule has 0 aromatic heterocycles. The standard InChI is InChI=1S/C10H11NO3/c11-8-2-1-5-3-7(10(13)14)9(12)4-6(5)8/h3-4,8,12H,1-2,11H2,(H,13,14)/t8-/m0/s1. The van der Waals surface area contributed by atoms with Gasteiger partial charge in [0.2, 0.25) is 0 Å². The minimum atomic E-state index is -1.11. The fourth-order valence-electron chi connectivity index (χ4n) is 1.85. The molecular weight excluding hydrogens is 182 g/mol. The van der Waals surface area contributed by atoms with Crippen LogP contribution in [0.5, 0.6) is 5.75 Å². The smallest absolute Gasteiger partial charge is 0.339 e. The maximum absolute atomic E-state index is 10.7. The molecule has 0 heterocycles. The van der Waals surface area contributed by atoms with Gasteiger partial charge in [-0.25, -0.2) is 4.79 Å². The van der Waals surface area contributed by atoms with Gasteiger partial charge in [-0.05, 0) is 36.1 Å². The van der Waals surface area contributed by atoms with E-state index >= 15 is 0 Å². The summed E-state index contributed by atoms with van der Waals surface area (Å²) in [5.41, 5.74) is 7.54. The molecular formula is C10H11NO3. The molecule has 0 radical (unpaired) electrons. The summed E-state index contributed by atoms with van der Waals surface area (Å²) in [6.07, 6.45) is 1.61. The summed E-state index contributed by atoms with van der Waals surface area (Å²) in [5, 5.41) is 18.2. The van der Waals surface area contributed by atoms with E-state index in [1.165, 1.54) is 12.1 Å². The van der Waals surface area contributed by atoms with Crippen molar-refractivity contribution in [2.24, 2.45) is 5.73 Å². The lowest BCUT2D eigenvalue weighted by Crippen LogP contribution is -2.06. The van der Waals surface area contributed by atoms with E-state index in [4.69, 9.17) is 10.8 Å². The van der Waals surface area contributed by atoms with Gasteiger partial charge in [0, 0.05) is 6.04 Å². The number of fused-ring (bicyclic) bond motifs is 1. The molecule has 4 nitrogen and oxygen atoms in total. The average molecular weight is 193 g/mol. The molecule has 4 N–H and O–H groups in total. The van der Waals surface area contributed by atoms with E-state index in [0.29, 0.717) is 0 Å². The molecule has 4 heteroatoms. The predicted molar refractivity (Wildman–Crippen MR) is 50.3 cm³/mol. The maximum atomic E-state index is 10.7. The molecule has 0 saturated carbocycles. The molecule has 0 bridgehead atoms. The zero-order valence-electron chi connectivity index (χ0n) is 7.53. The molecule has 14 heavy (non-hydrogen) atoms. The predicted octanol–water partition coefficient (Wildman–Crippen LogP) is 1.04. The molecule has 0 spiro atoms. The fraction of sp³-hybridized carbons (Fsp3) is 0.300. The van der Waals surface area contributed by atoms with E-state index in [9.17, 15) is 9.90 Å². The minimum Gasteiger partial charge on any atom is -0.507 e. The Labute approximate surface area is 81.0 Å². The van der Waals surface area contributed by atoms with Crippen LogP contribution in [0, 0.1) is 0 Å². The van der Waals surface area contributed by atoms with Gasteiger partial charge < -0.3 is 15.9 Å². The molecule has 0 fully saturated rings. The van der Waals surface area contributed by atoms with Crippen LogP contribution in [0.15, 0.2) is 12.1 Å². The van der Waals surface area contributed by atoms with Gasteiger partial charge in [-0.2, -0.15) is 0 Å². The lowest BCUT2D eigenvalue weighted by Gasteiger charge is -2.07. The molecule has 0 amide bonds. The van der Waals surface area contributed by atoms with Crippen LogP contribution in [0.1, 0.15) is 33.9 Å². The van der Waals surface area contributed by atoms with Crippen molar-refractivity contribution in [2.45, 2.75) is 18.9 Å². The lowest BCUT2D eigenvalue weighted by molar-refractivity contribution is 0.0693. The van der Waals surface area contributed by atoms with Crippen LogP contribution in [0.4, 0.5) is 0 Å². The number of benzene rings is 1. The van der Waals surface area contributed by atoms with Crippen molar-refractivity contribution in [3.05, 3.63) is 28.8 Å². The molecule has 0 saturated heterocycles. The lowest BCUT2D eigenvalue weighted by atomic mass is 10.0. The molecule has 74 valence electrons. The highest BCUT2D eigenvalue weighted by Crippen LogP contribution is 2.33. The molecule has 0 unspecified atom stereocenters. The van der Waals surface area contributed by atoms with Crippen molar-refractivity contribution in [2.75, 3.05) is 0 Å². The molecule has 1 aliphatic carbocycles. The van der Waals surface area contributed by atoms with E-state index in [2.05, 4.69) is 0 Å². The van der Waals surface area contributed by atoms with Crippen molar-refractivity contribution in [1.82, 2.24) is 0 Å². The Bertz CT molecular complexity index is 401. The van der Waals surface area contributed by atoms with E-state index in [1.807, 2.05) is 0 Å². The highest BCUT2D eigenvalue weighted by Gasteiger charge is 2.22. The number of carboxylic acids is 1. The quantitative estimate of drug-likeness (QED) is 0.622. The Morgan fingerprint density at radius 2 is 2.21 bits per heavy atom. The van der Waals surface area contributed by atoms with Crippen LogP contribution in [-0.2, 0) is 6.42 Å². The highest BCUT2D eigenvalue weighted by atomic mass is 16.4. The maximum Gasteiger partial charge on any atom is 0.339 e. The monoisotopic (exact) mass is 193 g/mol. The van der Waals surface area contributed by atoms with Crippen molar-refractivity contribution < 1.29 is 15.0 Å². The van der Waals surface area contributed by atoms with Gasteiger partial charge in [0.05, 0.1) is 0 Å². The largest absolute Gasteiger partial charge is 0.507 e. The van der Waals surface area contributed by atoms with Crippen LogP contribution in [-0.4, -0.2) is 16.2 Å². The van der Waals surface area contributed by atoms with Crippen LogP contribution in [0.2, 0.25) is 0 Å². The number of carbonyl (C=O) groups is 1. The van der Waals surface area contributed by atoms with Crippen LogP contribution < -0.4 is 5.73 Å². The first kappa shape index (κ1) is 9.02. The number of hydrogen-bond acceptors (Lipinski definition) is 3. The van der Waals surface area contributed by atoms with E-state index in [1.54, 1.807) is 0 Å². The third-order valence-corrected chi connectivity index (χ3v) is 2.61. The first-order valence-electron chi connectivity index (χ1n) is 4.44. The van der Waals surface area contributed by atoms with Crippen molar-refractivity contribution in [3.8, 4) is 5.75 Å². The topological polar surface area (TPSA) is 83.6 Å². The number of aromatic hydroxyl groups is 1. The number of carboxylic acid groups (broad SMARTS) is 1. The highest BCUT2D eigenvalue weighted by molar-refractivity contribution is 5.91. The summed E-state index contributed by atoms with van der Waals surface area (Å²) in [6, 6.07) is 2.91. The Hall–Kier alpha value is -1.55. The van der Waals surface area contributed by atoms with E-state index < -0.39 is 5.97 Å². The van der Waals surface area contributed by atoms with Crippen molar-refractivity contribution in [3.63, 3.8) is 0 Å². The SMILES string of the molecule is N[C@H]1CCc2cc(C(=O)O)c(O)cc21. The van der Waals surface area contributed by atoms with Gasteiger partial charge in [0.1, 0.15) is 11.3 Å². The Morgan fingerprint density at radius 3 is 2.86 bits per heavy atom. The first-order chi connectivity index (χ1) is 6.59. The molecule has 1 aromatic rings. The Kier molecular flexibility index (Phi) is 1.93. The summed E-state index contributed by atoms with van der Waals surface area (Å²) < 4.78 is 0. The zero-order chi connectivity index (χ0) is 10.3. The molecule has 2 rings (SSSR count). The molecule has 1 aliphatic rings. The second kappa shape index (κ2) is 2.99. The van der Waals surface area contributed by atoms with Gasteiger partial charge >= 0.3 is 5.97 Å². The number of aryl methyl sites for hydroxylation is 1. The van der Waals surface area contributed by atoms with Crippen LogP contribution in [0.3, 0.4) is 0 Å². The van der Waals surface area contributed by atoms with Crippen LogP contribution >= 0.6 is 0 Å². The normalized spacial score (nSPS) is 19.4. The van der Waals surface area contributed by atoms with E-state index in [0.717, 1.165) is 24.0 Å². The van der Waals surface area contributed by atoms with Gasteiger partial charge in [0.15, 0.2) is 0 Å². The molecule has 1 atom stereocenters. The summed E-state index contributed by atoms with van der Waals surface area (Å²) in [4.78, 5) is 10.7. The Morgan fingerprint density at radius 1 is 1.50 bits per heavy atom. The van der Waals surface area contributed by atoms with Gasteiger partial charge in [0.25, 0.3) is 0 Å². The molecule has 0 aliphatic heterocycles. The molecule has 1 aromatic carbocycles.